The van der Waals surface area contributed by atoms with Crippen LogP contribution in [0.1, 0.15) is 61.6 Å². The SMILES string of the molecule is CC(=O)[C@@H](OC(C)(C)C)c1c(C)cc2c(ccc(=O)n2Cc2cc(F)cc(C(F)(F)F)c2)c1-c1ccc2c3c(ccnc13)CCO2. The van der Waals surface area contributed by atoms with Crippen LogP contribution in [0.4, 0.5) is 17.6 Å². The molecule has 1 aliphatic heterocycles. The van der Waals surface area contributed by atoms with Gasteiger partial charge in [-0.2, -0.15) is 13.2 Å². The molecule has 0 unspecified atom stereocenters. The summed E-state index contributed by atoms with van der Waals surface area (Å²) in [5, 5.41) is 1.39. The zero-order valence-corrected chi connectivity index (χ0v) is 26.0. The average Bonchev–Trinajstić information content (AvgIpc) is 2.96. The molecule has 0 saturated heterocycles. The summed E-state index contributed by atoms with van der Waals surface area (Å²) in [5.74, 6) is -0.604. The summed E-state index contributed by atoms with van der Waals surface area (Å²) in [4.78, 5) is 31.4. The maximum absolute atomic E-state index is 14.4. The van der Waals surface area contributed by atoms with Crippen LogP contribution in [-0.2, 0) is 28.7 Å². The van der Waals surface area contributed by atoms with Crippen LogP contribution >= 0.6 is 0 Å². The Morgan fingerprint density at radius 3 is 2.52 bits per heavy atom. The highest BCUT2D eigenvalue weighted by atomic mass is 19.4. The number of alkyl halides is 3. The number of pyridine rings is 2. The van der Waals surface area contributed by atoms with Crippen LogP contribution < -0.4 is 10.3 Å². The number of aryl methyl sites for hydroxylation is 1. The zero-order valence-electron chi connectivity index (χ0n) is 26.0. The quantitative estimate of drug-likeness (QED) is 0.177. The average molecular weight is 633 g/mol. The van der Waals surface area contributed by atoms with E-state index in [2.05, 4.69) is 0 Å². The molecule has 0 radical (unpaired) electrons. The Bertz CT molecular complexity index is 2080. The van der Waals surface area contributed by atoms with Gasteiger partial charge in [0.15, 0.2) is 5.78 Å². The lowest BCUT2D eigenvalue weighted by atomic mass is 9.85. The van der Waals surface area contributed by atoms with E-state index in [1.807, 2.05) is 39.0 Å². The Kier molecular flexibility index (Phi) is 7.75. The molecule has 3 aromatic carbocycles. The molecule has 0 spiro atoms. The van der Waals surface area contributed by atoms with Crippen LogP contribution in [0.5, 0.6) is 5.75 Å². The normalized spacial score (nSPS) is 14.0. The predicted octanol–water partition coefficient (Wildman–Crippen LogP) is 8.11. The standard InChI is InChI=1S/C36H32F4N2O4/c1-19-14-27-25(7-9-29(44)42(27)18-21-15-23(36(38,39)40)17-24(37)16-21)32(30(19)34(20(2)43)46-35(3,4)5)26-6-8-28-31-22(11-13-45-28)10-12-41-33(26)31/h6-10,12,14-17,34H,11,13,18H2,1-5H3/t34-/m1/s1. The van der Waals surface area contributed by atoms with Crippen LogP contribution in [0.2, 0.25) is 0 Å². The van der Waals surface area contributed by atoms with Crippen molar-refractivity contribution in [3.63, 3.8) is 0 Å². The van der Waals surface area contributed by atoms with Crippen molar-refractivity contribution in [3.8, 4) is 16.9 Å². The summed E-state index contributed by atoms with van der Waals surface area (Å²) >= 11 is 0. The lowest BCUT2D eigenvalue weighted by Gasteiger charge is -2.30. The number of benzene rings is 3. The lowest BCUT2D eigenvalue weighted by molar-refractivity contribution is -0.139. The first-order valence-corrected chi connectivity index (χ1v) is 14.9. The summed E-state index contributed by atoms with van der Waals surface area (Å²) in [7, 11) is 0. The molecule has 0 aliphatic carbocycles. The molecule has 0 fully saturated rings. The van der Waals surface area contributed by atoms with Gasteiger partial charge in [0, 0.05) is 35.0 Å². The van der Waals surface area contributed by atoms with E-state index >= 15 is 0 Å². The van der Waals surface area contributed by atoms with Gasteiger partial charge in [-0.05, 0) is 111 Å². The first kappa shape index (κ1) is 31.4. The summed E-state index contributed by atoms with van der Waals surface area (Å²) in [6.07, 6.45) is -3.34. The molecular weight excluding hydrogens is 600 g/mol. The molecule has 6 nitrogen and oxygen atoms in total. The molecule has 0 N–H and O–H groups in total. The van der Waals surface area contributed by atoms with Crippen molar-refractivity contribution < 1.29 is 31.8 Å². The Labute approximate surface area is 262 Å². The molecular formula is C36H32F4N2O4. The number of ether oxygens (including phenoxy) is 2. The first-order valence-electron chi connectivity index (χ1n) is 14.9. The Balaban J connectivity index is 1.69. The molecule has 5 aromatic rings. The second-order valence-corrected chi connectivity index (χ2v) is 12.6. The number of ketones is 1. The Morgan fingerprint density at radius 1 is 1.07 bits per heavy atom. The van der Waals surface area contributed by atoms with Gasteiger partial charge in [-0.1, -0.05) is 0 Å². The fraction of sp³-hybridized carbons (Fsp3) is 0.306. The van der Waals surface area contributed by atoms with E-state index < -0.39 is 34.8 Å². The van der Waals surface area contributed by atoms with Gasteiger partial charge >= 0.3 is 6.18 Å². The van der Waals surface area contributed by atoms with Crippen molar-refractivity contribution >= 4 is 27.6 Å². The number of fused-ring (bicyclic) bond motifs is 1. The second kappa shape index (κ2) is 11.3. The number of rotatable bonds is 6. The number of carbonyl (C=O) groups excluding carboxylic acids is 1. The van der Waals surface area contributed by atoms with Gasteiger partial charge in [0.25, 0.3) is 5.56 Å². The minimum Gasteiger partial charge on any atom is -0.493 e. The van der Waals surface area contributed by atoms with Gasteiger partial charge in [-0.25, -0.2) is 4.39 Å². The van der Waals surface area contributed by atoms with Crippen molar-refractivity contribution in [1.82, 2.24) is 9.55 Å². The number of aromatic nitrogens is 2. The number of nitrogens with zero attached hydrogens (tertiary/aromatic N) is 2. The minimum atomic E-state index is -4.76. The summed E-state index contributed by atoms with van der Waals surface area (Å²) in [6, 6.07) is 12.6. The van der Waals surface area contributed by atoms with Crippen LogP contribution in [0.15, 0.2) is 65.6 Å². The molecule has 0 bridgehead atoms. The topological polar surface area (TPSA) is 70.4 Å². The third-order valence-electron chi connectivity index (χ3n) is 8.11. The number of halogens is 4. The molecule has 238 valence electrons. The summed E-state index contributed by atoms with van der Waals surface area (Å²) < 4.78 is 68.6. The highest BCUT2D eigenvalue weighted by molar-refractivity contribution is 6.08. The zero-order chi connectivity index (χ0) is 33.1. The largest absolute Gasteiger partial charge is 0.493 e. The maximum atomic E-state index is 14.4. The molecule has 1 aliphatic rings. The highest BCUT2D eigenvalue weighted by Gasteiger charge is 2.33. The summed E-state index contributed by atoms with van der Waals surface area (Å²) in [6.45, 7) is 9.02. The van der Waals surface area contributed by atoms with E-state index in [0.717, 1.165) is 23.1 Å². The van der Waals surface area contributed by atoms with Crippen LogP contribution in [-0.4, -0.2) is 27.5 Å². The van der Waals surface area contributed by atoms with Gasteiger partial charge < -0.3 is 14.0 Å². The summed E-state index contributed by atoms with van der Waals surface area (Å²) in [5.41, 5.74) is 2.23. The van der Waals surface area contributed by atoms with Gasteiger partial charge in [-0.3, -0.25) is 14.6 Å². The van der Waals surface area contributed by atoms with E-state index in [1.54, 1.807) is 25.3 Å². The molecule has 0 saturated carbocycles. The van der Waals surface area contributed by atoms with Gasteiger partial charge in [-0.15, -0.1) is 0 Å². The molecule has 2 aromatic heterocycles. The molecule has 0 amide bonds. The Morgan fingerprint density at radius 2 is 1.83 bits per heavy atom. The first-order chi connectivity index (χ1) is 21.6. The maximum Gasteiger partial charge on any atom is 0.416 e. The van der Waals surface area contributed by atoms with Crippen molar-refractivity contribution in [2.24, 2.45) is 0 Å². The lowest BCUT2D eigenvalue weighted by Crippen LogP contribution is -2.27. The van der Waals surface area contributed by atoms with Gasteiger partial charge in [0.05, 0.1) is 35.3 Å². The van der Waals surface area contributed by atoms with Crippen LogP contribution in [0, 0.1) is 12.7 Å². The van der Waals surface area contributed by atoms with E-state index in [-0.39, 0.29) is 17.9 Å². The number of hydrogen-bond acceptors (Lipinski definition) is 5. The molecule has 6 rings (SSSR count). The Hall–Kier alpha value is -4.57. The predicted molar refractivity (Wildman–Crippen MR) is 168 cm³/mol. The number of hydrogen-bond donors (Lipinski definition) is 0. The van der Waals surface area contributed by atoms with Crippen molar-refractivity contribution in [3.05, 3.63) is 105 Å². The second-order valence-electron chi connectivity index (χ2n) is 12.6. The van der Waals surface area contributed by atoms with Gasteiger partial charge in [0.1, 0.15) is 17.7 Å². The van der Waals surface area contributed by atoms with Crippen LogP contribution in [0.25, 0.3) is 32.9 Å². The highest BCUT2D eigenvalue weighted by Crippen LogP contribution is 2.45. The molecule has 3 heterocycles. The van der Waals surface area contributed by atoms with Crippen molar-refractivity contribution in [2.45, 2.75) is 65.5 Å². The van der Waals surface area contributed by atoms with Crippen molar-refractivity contribution in [2.75, 3.05) is 6.61 Å². The molecule has 10 heteroatoms. The molecule has 1 atom stereocenters. The third-order valence-corrected chi connectivity index (χ3v) is 8.11. The van der Waals surface area contributed by atoms with Gasteiger partial charge in [0.2, 0.25) is 0 Å². The van der Waals surface area contributed by atoms with E-state index in [9.17, 15) is 27.2 Å². The fourth-order valence-electron chi connectivity index (χ4n) is 6.27. The van der Waals surface area contributed by atoms with Crippen molar-refractivity contribution in [1.29, 1.82) is 0 Å². The fourth-order valence-corrected chi connectivity index (χ4v) is 6.27. The van der Waals surface area contributed by atoms with Crippen LogP contribution in [0.3, 0.4) is 0 Å². The van der Waals surface area contributed by atoms with E-state index in [4.69, 9.17) is 14.5 Å². The number of carbonyl (C=O) groups is 1. The van der Waals surface area contributed by atoms with E-state index in [0.29, 0.717) is 63.5 Å². The smallest absolute Gasteiger partial charge is 0.416 e. The minimum absolute atomic E-state index is 0.0247. The monoisotopic (exact) mass is 632 g/mol. The number of Topliss-reactive ketones (excluding diaryl/α,β-unsaturated/α-hetero) is 1. The third kappa shape index (κ3) is 5.77. The molecule has 46 heavy (non-hydrogen) atoms. The van der Waals surface area contributed by atoms with E-state index in [1.165, 1.54) is 17.6 Å².